The maximum Gasteiger partial charge on any atom is 0.424 e. The number of fused-ring (bicyclic) bond motifs is 5. The molecule has 1 saturated carbocycles. The molecule has 2 bridgehead atoms. The smallest absolute Gasteiger partial charge is 0.297 e. The summed E-state index contributed by atoms with van der Waals surface area (Å²) in [5, 5.41) is 0. The number of hydrogen-bond acceptors (Lipinski definition) is 3. The van der Waals surface area contributed by atoms with E-state index in [1.54, 1.807) is 0 Å². The third-order valence-electron chi connectivity index (χ3n) is 3.64. The molecule has 3 nitrogen and oxygen atoms in total. The molecule has 0 aromatic heterocycles. The van der Waals surface area contributed by atoms with Gasteiger partial charge < -0.3 is 0 Å². The van der Waals surface area contributed by atoms with Gasteiger partial charge in [0.1, 0.15) is 0 Å². The zero-order chi connectivity index (χ0) is 9.76. The summed E-state index contributed by atoms with van der Waals surface area (Å²) in [7, 11) is 0. The highest BCUT2D eigenvalue weighted by atomic mass is 35.7. The van der Waals surface area contributed by atoms with E-state index >= 15 is 0 Å². The Labute approximate surface area is 87.7 Å². The Kier molecular flexibility index (Phi) is 2.07. The van der Waals surface area contributed by atoms with Crippen molar-refractivity contribution in [3.8, 4) is 0 Å². The van der Waals surface area contributed by atoms with E-state index in [1.165, 1.54) is 6.42 Å². The first-order chi connectivity index (χ1) is 6.66. The molecule has 0 amide bonds. The summed E-state index contributed by atoms with van der Waals surface area (Å²) in [4.78, 5) is 0. The fourth-order valence-corrected chi connectivity index (χ4v) is 4.02. The standard InChI is InChI=1S/C9H12ClO3P/c10-14(11)12-4-8-6-1-2-7(3-6)9(8)5-13-14/h1-2,6-9H,3-5H2. The second-order valence-corrected chi connectivity index (χ2v) is 6.92. The number of halogens is 1. The van der Waals surface area contributed by atoms with E-state index in [9.17, 15) is 4.57 Å². The molecule has 5 heteroatoms. The van der Waals surface area contributed by atoms with E-state index in [2.05, 4.69) is 12.2 Å². The molecule has 0 spiro atoms. The Bertz CT molecular complexity index is 304. The lowest BCUT2D eigenvalue weighted by molar-refractivity contribution is 0.197. The SMILES string of the molecule is O=P1(Cl)OCC2C3C=CC(C3)C2CO1. The van der Waals surface area contributed by atoms with Crippen LogP contribution in [-0.2, 0) is 13.6 Å². The van der Waals surface area contributed by atoms with Crippen molar-refractivity contribution in [1.29, 1.82) is 0 Å². The summed E-state index contributed by atoms with van der Waals surface area (Å²) in [6.45, 7) is -2.30. The lowest BCUT2D eigenvalue weighted by atomic mass is 9.84. The molecule has 2 fully saturated rings. The van der Waals surface area contributed by atoms with Crippen LogP contribution >= 0.6 is 18.2 Å². The van der Waals surface area contributed by atoms with Crippen molar-refractivity contribution in [1.82, 2.24) is 0 Å². The van der Waals surface area contributed by atoms with Gasteiger partial charge in [-0.15, -0.1) is 0 Å². The van der Waals surface area contributed by atoms with Gasteiger partial charge in [0.15, 0.2) is 0 Å². The summed E-state index contributed by atoms with van der Waals surface area (Å²) >= 11 is 5.59. The maximum atomic E-state index is 11.4. The van der Waals surface area contributed by atoms with Gasteiger partial charge in [0, 0.05) is 11.2 Å². The average molecular weight is 235 g/mol. The molecule has 78 valence electrons. The summed E-state index contributed by atoms with van der Waals surface area (Å²) in [5.74, 6) is 2.09. The second kappa shape index (κ2) is 3.08. The lowest BCUT2D eigenvalue weighted by Gasteiger charge is -2.23. The molecular weight excluding hydrogens is 223 g/mol. The van der Waals surface area contributed by atoms with Crippen molar-refractivity contribution in [2.45, 2.75) is 6.42 Å². The molecule has 4 unspecified atom stereocenters. The third kappa shape index (κ3) is 1.38. The third-order valence-corrected chi connectivity index (χ3v) is 5.14. The normalized spacial score (nSPS) is 55.8. The topological polar surface area (TPSA) is 35.5 Å². The van der Waals surface area contributed by atoms with Crippen LogP contribution in [0.2, 0.25) is 0 Å². The quantitative estimate of drug-likeness (QED) is 0.478. The highest BCUT2D eigenvalue weighted by Gasteiger charge is 2.47. The first-order valence-corrected chi connectivity index (χ1v) is 7.37. The fraction of sp³-hybridized carbons (Fsp3) is 0.778. The predicted octanol–water partition coefficient (Wildman–Crippen LogP) is 2.82. The monoisotopic (exact) mass is 234 g/mol. The predicted molar refractivity (Wildman–Crippen MR) is 53.1 cm³/mol. The zero-order valence-corrected chi connectivity index (χ0v) is 9.29. The van der Waals surface area contributed by atoms with Crippen LogP contribution in [-0.4, -0.2) is 13.2 Å². The molecule has 3 rings (SSSR count). The molecule has 1 heterocycles. The average Bonchev–Trinajstić information content (AvgIpc) is 2.67. The summed E-state index contributed by atoms with van der Waals surface area (Å²) in [5.41, 5.74) is 0. The van der Waals surface area contributed by atoms with Gasteiger partial charge in [-0.2, -0.15) is 0 Å². The van der Waals surface area contributed by atoms with Crippen LogP contribution < -0.4 is 0 Å². The van der Waals surface area contributed by atoms with E-state index in [0.717, 1.165) is 0 Å². The van der Waals surface area contributed by atoms with Gasteiger partial charge in [-0.1, -0.05) is 12.2 Å². The highest BCUT2D eigenvalue weighted by molar-refractivity contribution is 7.81. The van der Waals surface area contributed by atoms with Crippen LogP contribution in [0.4, 0.5) is 0 Å². The molecule has 4 atom stereocenters. The highest BCUT2D eigenvalue weighted by Crippen LogP contribution is 2.60. The molecule has 0 aromatic rings. The van der Waals surface area contributed by atoms with E-state index < -0.39 is 6.95 Å². The molecular formula is C9H12ClO3P. The first kappa shape index (κ1) is 9.41. The fourth-order valence-electron chi connectivity index (χ4n) is 2.91. The van der Waals surface area contributed by atoms with E-state index in [0.29, 0.717) is 36.9 Å². The van der Waals surface area contributed by atoms with Crippen molar-refractivity contribution in [2.75, 3.05) is 13.2 Å². The number of hydrogen-bond donors (Lipinski definition) is 0. The van der Waals surface area contributed by atoms with Gasteiger partial charge in [0.05, 0.1) is 13.2 Å². The van der Waals surface area contributed by atoms with Crippen molar-refractivity contribution in [3.63, 3.8) is 0 Å². The Hall–Kier alpha value is 0.180. The van der Waals surface area contributed by atoms with Crippen molar-refractivity contribution < 1.29 is 13.6 Å². The van der Waals surface area contributed by atoms with Gasteiger partial charge in [-0.3, -0.25) is 9.05 Å². The summed E-state index contributed by atoms with van der Waals surface area (Å²) < 4.78 is 21.7. The van der Waals surface area contributed by atoms with Gasteiger partial charge >= 0.3 is 6.95 Å². The van der Waals surface area contributed by atoms with Crippen LogP contribution in [0.5, 0.6) is 0 Å². The minimum atomic E-state index is -3.26. The van der Waals surface area contributed by atoms with E-state index in [-0.39, 0.29) is 0 Å². The lowest BCUT2D eigenvalue weighted by Crippen LogP contribution is -2.24. The van der Waals surface area contributed by atoms with Crippen LogP contribution in [0.1, 0.15) is 6.42 Å². The van der Waals surface area contributed by atoms with Crippen molar-refractivity contribution >= 4 is 18.2 Å². The largest absolute Gasteiger partial charge is 0.424 e. The minimum Gasteiger partial charge on any atom is -0.297 e. The van der Waals surface area contributed by atoms with Gasteiger partial charge in [-0.05, 0) is 30.1 Å². The van der Waals surface area contributed by atoms with Crippen LogP contribution in [0.3, 0.4) is 0 Å². The minimum absolute atomic E-state index is 0.458. The number of allylic oxidation sites excluding steroid dienone is 2. The zero-order valence-electron chi connectivity index (χ0n) is 7.64. The van der Waals surface area contributed by atoms with Crippen molar-refractivity contribution in [2.24, 2.45) is 23.7 Å². The first-order valence-electron chi connectivity index (χ1n) is 4.93. The Morgan fingerprint density at radius 3 is 2.14 bits per heavy atom. The van der Waals surface area contributed by atoms with Gasteiger partial charge in [0.25, 0.3) is 0 Å². The Balaban J connectivity index is 1.84. The molecule has 0 N–H and O–H groups in total. The maximum absolute atomic E-state index is 11.4. The van der Waals surface area contributed by atoms with E-state index in [1.807, 2.05) is 0 Å². The van der Waals surface area contributed by atoms with Crippen LogP contribution in [0.25, 0.3) is 0 Å². The molecule has 2 aliphatic carbocycles. The Morgan fingerprint density at radius 2 is 1.64 bits per heavy atom. The molecule has 1 saturated heterocycles. The van der Waals surface area contributed by atoms with Gasteiger partial charge in [-0.25, -0.2) is 4.57 Å². The molecule has 14 heavy (non-hydrogen) atoms. The molecule has 0 aromatic carbocycles. The Morgan fingerprint density at radius 1 is 1.14 bits per heavy atom. The molecule has 1 aliphatic heterocycles. The van der Waals surface area contributed by atoms with Crippen LogP contribution in [0.15, 0.2) is 12.2 Å². The molecule has 0 radical (unpaired) electrons. The summed E-state index contributed by atoms with van der Waals surface area (Å²) in [6.07, 6.45) is 5.70. The molecule has 3 aliphatic rings. The van der Waals surface area contributed by atoms with Crippen molar-refractivity contribution in [3.05, 3.63) is 12.2 Å². The number of rotatable bonds is 0. The van der Waals surface area contributed by atoms with Crippen LogP contribution in [0, 0.1) is 23.7 Å². The second-order valence-electron chi connectivity index (χ2n) is 4.30. The van der Waals surface area contributed by atoms with E-state index in [4.69, 9.17) is 20.3 Å². The van der Waals surface area contributed by atoms with Gasteiger partial charge in [0.2, 0.25) is 0 Å². The summed E-state index contributed by atoms with van der Waals surface area (Å²) in [6, 6.07) is 0.